The molecule has 3 nitrogen and oxygen atoms in total. The minimum absolute atomic E-state index is 0.659. The van der Waals surface area contributed by atoms with Gasteiger partial charge in [-0.05, 0) is 76.2 Å². The molecule has 3 heteroatoms. The lowest BCUT2D eigenvalue weighted by atomic mass is 9.96. The molecule has 0 aliphatic carbocycles. The van der Waals surface area contributed by atoms with Gasteiger partial charge in [0.1, 0.15) is 5.52 Å². The first-order valence-electron chi connectivity index (χ1n) is 13.3. The lowest BCUT2D eigenvalue weighted by Gasteiger charge is -2.21. The van der Waals surface area contributed by atoms with Gasteiger partial charge in [-0.2, -0.15) is 0 Å². The highest BCUT2D eigenvalue weighted by molar-refractivity contribution is 6.14. The molecule has 0 aliphatic heterocycles. The number of hydrogen-bond donors (Lipinski definition) is 0. The first-order chi connectivity index (χ1) is 18.7. The molecule has 38 heavy (non-hydrogen) atoms. The van der Waals surface area contributed by atoms with Crippen LogP contribution < -0.4 is 4.90 Å². The van der Waals surface area contributed by atoms with Crippen LogP contribution in [0.1, 0.15) is 13.8 Å². The van der Waals surface area contributed by atoms with Gasteiger partial charge in [0.2, 0.25) is 5.89 Å². The molecule has 184 valence electrons. The third-order valence-electron chi connectivity index (χ3n) is 7.69. The minimum atomic E-state index is 0.659. The van der Waals surface area contributed by atoms with Gasteiger partial charge < -0.3 is 9.32 Å². The Balaban J connectivity index is 1.47. The maximum Gasteiger partial charge on any atom is 0.228 e. The van der Waals surface area contributed by atoms with E-state index in [0.29, 0.717) is 5.89 Å². The summed E-state index contributed by atoms with van der Waals surface area (Å²) in [5, 5.41) is 6.91. The molecular formula is C35H28N2O. The number of fused-ring (bicyclic) bond motifs is 5. The summed E-state index contributed by atoms with van der Waals surface area (Å²) in [7, 11) is 0. The van der Waals surface area contributed by atoms with Gasteiger partial charge in [-0.25, -0.2) is 4.98 Å². The number of anilines is 1. The molecule has 0 N–H and O–H groups in total. The second kappa shape index (κ2) is 9.04. The lowest BCUT2D eigenvalue weighted by Crippen LogP contribution is -2.21. The van der Waals surface area contributed by atoms with E-state index in [-0.39, 0.29) is 0 Å². The van der Waals surface area contributed by atoms with Crippen molar-refractivity contribution >= 4 is 49.1 Å². The van der Waals surface area contributed by atoms with Crippen molar-refractivity contribution in [3.63, 3.8) is 0 Å². The summed E-state index contributed by atoms with van der Waals surface area (Å²) in [6.45, 7) is 6.38. The molecule has 1 heterocycles. The van der Waals surface area contributed by atoms with Crippen molar-refractivity contribution in [2.24, 2.45) is 0 Å². The fourth-order valence-corrected chi connectivity index (χ4v) is 5.78. The van der Waals surface area contributed by atoms with Crippen LogP contribution in [0.4, 0.5) is 5.69 Å². The number of hydrogen-bond acceptors (Lipinski definition) is 3. The highest BCUT2D eigenvalue weighted by atomic mass is 16.3. The zero-order valence-corrected chi connectivity index (χ0v) is 21.6. The SMILES string of the molecule is CCN(CC)c1ccc(-c2cc3nc(-c4c5ccccc5cc5ccccc45)oc3c3ccccc23)cc1. The Morgan fingerprint density at radius 3 is 1.84 bits per heavy atom. The summed E-state index contributed by atoms with van der Waals surface area (Å²) < 4.78 is 6.64. The Morgan fingerprint density at radius 2 is 1.21 bits per heavy atom. The zero-order chi connectivity index (χ0) is 25.6. The van der Waals surface area contributed by atoms with Crippen molar-refractivity contribution in [2.45, 2.75) is 13.8 Å². The molecule has 1 aromatic heterocycles. The smallest absolute Gasteiger partial charge is 0.228 e. The number of oxazole rings is 1. The maximum atomic E-state index is 6.64. The first-order valence-corrected chi connectivity index (χ1v) is 13.3. The third kappa shape index (κ3) is 3.54. The predicted molar refractivity (Wildman–Crippen MR) is 161 cm³/mol. The van der Waals surface area contributed by atoms with Crippen LogP contribution in [0.5, 0.6) is 0 Å². The van der Waals surface area contributed by atoms with Gasteiger partial charge in [-0.3, -0.25) is 0 Å². The Labute approximate surface area is 222 Å². The zero-order valence-electron chi connectivity index (χ0n) is 21.6. The molecule has 6 aromatic carbocycles. The predicted octanol–water partition coefficient (Wildman–Crippen LogP) is 9.47. The molecule has 7 aromatic rings. The van der Waals surface area contributed by atoms with Gasteiger partial charge in [0, 0.05) is 24.2 Å². The van der Waals surface area contributed by atoms with E-state index in [9.17, 15) is 0 Å². The second-order valence-electron chi connectivity index (χ2n) is 9.75. The van der Waals surface area contributed by atoms with Gasteiger partial charge in [0.25, 0.3) is 0 Å². The van der Waals surface area contributed by atoms with Crippen molar-refractivity contribution in [3.05, 3.63) is 109 Å². The van der Waals surface area contributed by atoms with Crippen LogP contribution in [-0.2, 0) is 0 Å². The normalized spacial score (nSPS) is 11.6. The molecule has 0 fully saturated rings. The molecule has 7 rings (SSSR count). The van der Waals surface area contributed by atoms with E-state index in [1.54, 1.807) is 0 Å². The Bertz CT molecular complexity index is 1890. The lowest BCUT2D eigenvalue weighted by molar-refractivity contribution is 0.624. The molecule has 0 radical (unpaired) electrons. The molecule has 0 atom stereocenters. The summed E-state index contributed by atoms with van der Waals surface area (Å²) in [4.78, 5) is 7.48. The summed E-state index contributed by atoms with van der Waals surface area (Å²) >= 11 is 0. The Morgan fingerprint density at radius 1 is 0.632 bits per heavy atom. The van der Waals surface area contributed by atoms with Gasteiger partial charge >= 0.3 is 0 Å². The molecule has 0 bridgehead atoms. The standard InChI is InChI=1S/C35H28N2O/c1-3-37(4-2)26-19-17-23(18-20-26)31-22-32-34(30-16-10-9-15-29(30)31)38-35(36-32)33-27-13-7-5-11-24(27)21-25-12-6-8-14-28(25)33/h5-22H,3-4H2,1-2H3. The van der Waals surface area contributed by atoms with Gasteiger partial charge in [0.05, 0.1) is 5.56 Å². The van der Waals surface area contributed by atoms with Crippen LogP contribution in [0.3, 0.4) is 0 Å². The van der Waals surface area contributed by atoms with Gasteiger partial charge in [0.15, 0.2) is 5.58 Å². The van der Waals surface area contributed by atoms with E-state index in [1.165, 1.54) is 33.0 Å². The fraction of sp³-hybridized carbons (Fsp3) is 0.114. The summed E-state index contributed by atoms with van der Waals surface area (Å²) in [5.41, 5.74) is 6.34. The molecule has 0 unspecified atom stereocenters. The number of aromatic nitrogens is 1. The van der Waals surface area contributed by atoms with Gasteiger partial charge in [-0.15, -0.1) is 0 Å². The van der Waals surface area contributed by atoms with Gasteiger partial charge in [-0.1, -0.05) is 84.9 Å². The number of benzene rings is 6. The molecule has 0 saturated carbocycles. The number of rotatable bonds is 5. The second-order valence-corrected chi connectivity index (χ2v) is 9.75. The van der Waals surface area contributed by atoms with Crippen LogP contribution >= 0.6 is 0 Å². The highest BCUT2D eigenvalue weighted by Gasteiger charge is 2.19. The van der Waals surface area contributed by atoms with E-state index in [4.69, 9.17) is 9.40 Å². The average Bonchev–Trinajstić information content (AvgIpc) is 3.40. The van der Waals surface area contributed by atoms with Crippen LogP contribution in [0.15, 0.2) is 114 Å². The molecule has 0 saturated heterocycles. The first kappa shape index (κ1) is 22.6. The van der Waals surface area contributed by atoms with Crippen LogP contribution in [0.2, 0.25) is 0 Å². The Hall–Kier alpha value is -4.63. The van der Waals surface area contributed by atoms with Crippen molar-refractivity contribution in [1.29, 1.82) is 0 Å². The molecule has 0 aliphatic rings. The molecule has 0 spiro atoms. The summed E-state index contributed by atoms with van der Waals surface area (Å²) in [6.07, 6.45) is 0. The van der Waals surface area contributed by atoms with Crippen molar-refractivity contribution in [1.82, 2.24) is 4.98 Å². The summed E-state index contributed by atoms with van der Waals surface area (Å²) in [6, 6.07) is 38.8. The van der Waals surface area contributed by atoms with E-state index in [0.717, 1.165) is 45.9 Å². The quantitative estimate of drug-likeness (QED) is 0.224. The van der Waals surface area contributed by atoms with Crippen molar-refractivity contribution < 1.29 is 4.42 Å². The van der Waals surface area contributed by atoms with E-state index >= 15 is 0 Å². The van der Waals surface area contributed by atoms with Crippen molar-refractivity contribution in [3.8, 4) is 22.6 Å². The maximum absolute atomic E-state index is 6.64. The van der Waals surface area contributed by atoms with E-state index in [2.05, 4.69) is 128 Å². The largest absolute Gasteiger partial charge is 0.435 e. The topological polar surface area (TPSA) is 29.3 Å². The van der Waals surface area contributed by atoms with E-state index < -0.39 is 0 Å². The van der Waals surface area contributed by atoms with E-state index in [1.807, 2.05) is 0 Å². The molecule has 0 amide bonds. The van der Waals surface area contributed by atoms with Crippen LogP contribution in [0.25, 0.3) is 66.0 Å². The third-order valence-corrected chi connectivity index (χ3v) is 7.69. The summed E-state index contributed by atoms with van der Waals surface area (Å²) in [5.74, 6) is 0.659. The van der Waals surface area contributed by atoms with Crippen LogP contribution in [-0.4, -0.2) is 18.1 Å². The minimum Gasteiger partial charge on any atom is -0.435 e. The number of nitrogens with zero attached hydrogens (tertiary/aromatic N) is 2. The average molecular weight is 493 g/mol. The van der Waals surface area contributed by atoms with Crippen molar-refractivity contribution in [2.75, 3.05) is 18.0 Å². The fourth-order valence-electron chi connectivity index (χ4n) is 5.78. The van der Waals surface area contributed by atoms with Crippen LogP contribution in [0, 0.1) is 0 Å². The molecular weight excluding hydrogens is 464 g/mol. The highest BCUT2D eigenvalue weighted by Crippen LogP contribution is 2.41. The Kier molecular flexibility index (Phi) is 5.36. The monoisotopic (exact) mass is 492 g/mol.